The molecule has 2 N–H and O–H groups in total. The molecule has 100 valence electrons. The van der Waals surface area contributed by atoms with Crippen molar-refractivity contribution in [1.29, 1.82) is 0 Å². The third-order valence-electron chi connectivity index (χ3n) is 3.49. The molecule has 1 aliphatic carbocycles. The molecule has 4 nitrogen and oxygen atoms in total. The summed E-state index contributed by atoms with van der Waals surface area (Å²) in [5.74, 6) is 2.44. The maximum atomic E-state index is 5.95. The van der Waals surface area contributed by atoms with Gasteiger partial charge < -0.3 is 15.2 Å². The highest BCUT2D eigenvalue weighted by molar-refractivity contribution is 5.49. The van der Waals surface area contributed by atoms with Crippen LogP contribution in [0.15, 0.2) is 12.1 Å². The van der Waals surface area contributed by atoms with Crippen molar-refractivity contribution in [3.8, 4) is 11.8 Å². The highest BCUT2D eigenvalue weighted by Crippen LogP contribution is 2.32. The predicted molar refractivity (Wildman–Crippen MR) is 71.8 cm³/mol. The van der Waals surface area contributed by atoms with Crippen LogP contribution in [-0.4, -0.2) is 18.2 Å². The van der Waals surface area contributed by atoms with Gasteiger partial charge in [0.1, 0.15) is 6.10 Å². The van der Waals surface area contributed by atoms with Crippen LogP contribution in [0.25, 0.3) is 0 Å². The number of nitrogens with zero attached hydrogens (tertiary/aromatic N) is 1. The topological polar surface area (TPSA) is 57.4 Å². The third-order valence-corrected chi connectivity index (χ3v) is 3.49. The number of nitrogens with two attached hydrogens (primary N) is 1. The summed E-state index contributed by atoms with van der Waals surface area (Å²) in [6, 6.07) is 3.52. The molecule has 1 aliphatic rings. The maximum absolute atomic E-state index is 5.95. The van der Waals surface area contributed by atoms with Gasteiger partial charge in [0.15, 0.2) is 0 Å². The zero-order chi connectivity index (χ0) is 13.1. The molecule has 4 heteroatoms. The fourth-order valence-corrected chi connectivity index (χ4v) is 2.77. The van der Waals surface area contributed by atoms with Gasteiger partial charge in [0.2, 0.25) is 11.8 Å². The molecule has 2 unspecified atom stereocenters. The first-order valence-electron chi connectivity index (χ1n) is 6.55. The zero-order valence-electron chi connectivity index (χ0n) is 11.3. The van der Waals surface area contributed by atoms with Crippen molar-refractivity contribution < 1.29 is 9.47 Å². The molecule has 1 saturated carbocycles. The van der Waals surface area contributed by atoms with E-state index in [4.69, 9.17) is 15.2 Å². The molecule has 0 aliphatic heterocycles. The average Bonchev–Trinajstić information content (AvgIpc) is 2.30. The normalized spacial score (nSPS) is 27.8. The van der Waals surface area contributed by atoms with Crippen molar-refractivity contribution >= 4 is 5.69 Å². The summed E-state index contributed by atoms with van der Waals surface area (Å²) < 4.78 is 11.0. The van der Waals surface area contributed by atoms with Crippen LogP contribution < -0.4 is 15.2 Å². The van der Waals surface area contributed by atoms with Gasteiger partial charge in [-0.05, 0) is 37.2 Å². The average molecular weight is 250 g/mol. The molecular weight excluding hydrogens is 228 g/mol. The Morgan fingerprint density at radius 1 is 1.17 bits per heavy atom. The number of pyridine rings is 1. The van der Waals surface area contributed by atoms with Gasteiger partial charge in [0.05, 0.1) is 12.8 Å². The van der Waals surface area contributed by atoms with Gasteiger partial charge in [0.25, 0.3) is 0 Å². The lowest BCUT2D eigenvalue weighted by atomic mass is 9.82. The van der Waals surface area contributed by atoms with Crippen molar-refractivity contribution in [1.82, 2.24) is 4.98 Å². The van der Waals surface area contributed by atoms with Crippen molar-refractivity contribution in [2.24, 2.45) is 11.8 Å². The lowest BCUT2D eigenvalue weighted by molar-refractivity contribution is 0.0968. The number of rotatable bonds is 3. The summed E-state index contributed by atoms with van der Waals surface area (Å²) in [4.78, 5) is 4.27. The van der Waals surface area contributed by atoms with E-state index in [-0.39, 0.29) is 6.10 Å². The first-order valence-corrected chi connectivity index (χ1v) is 6.55. The van der Waals surface area contributed by atoms with Crippen molar-refractivity contribution in [2.45, 2.75) is 39.2 Å². The Bertz CT molecular complexity index is 399. The summed E-state index contributed by atoms with van der Waals surface area (Å²) in [7, 11) is 1.59. The van der Waals surface area contributed by atoms with E-state index < -0.39 is 0 Å². The Morgan fingerprint density at radius 3 is 2.44 bits per heavy atom. The fraction of sp³-hybridized carbons (Fsp3) is 0.643. The number of ether oxygens (including phenoxy) is 2. The van der Waals surface area contributed by atoms with Gasteiger partial charge in [-0.1, -0.05) is 13.8 Å². The van der Waals surface area contributed by atoms with Gasteiger partial charge in [-0.15, -0.1) is 0 Å². The van der Waals surface area contributed by atoms with E-state index in [1.54, 1.807) is 19.2 Å². The predicted octanol–water partition coefficient (Wildman–Crippen LogP) is 2.88. The van der Waals surface area contributed by atoms with E-state index >= 15 is 0 Å². The van der Waals surface area contributed by atoms with Crippen LogP contribution in [0.2, 0.25) is 0 Å². The molecule has 2 atom stereocenters. The molecule has 18 heavy (non-hydrogen) atoms. The van der Waals surface area contributed by atoms with Crippen LogP contribution in [0.4, 0.5) is 5.69 Å². The molecule has 0 saturated heterocycles. The second-order valence-electron chi connectivity index (χ2n) is 5.41. The summed E-state index contributed by atoms with van der Waals surface area (Å²) in [6.45, 7) is 4.54. The number of hydrogen-bond donors (Lipinski definition) is 1. The lowest BCUT2D eigenvalue weighted by Gasteiger charge is -2.31. The Labute approximate surface area is 108 Å². The van der Waals surface area contributed by atoms with Crippen LogP contribution in [0.1, 0.15) is 33.1 Å². The lowest BCUT2D eigenvalue weighted by Crippen LogP contribution is -2.29. The maximum Gasteiger partial charge on any atom is 0.240 e. The monoisotopic (exact) mass is 250 g/mol. The fourth-order valence-electron chi connectivity index (χ4n) is 2.77. The molecule has 0 amide bonds. The molecule has 1 heterocycles. The zero-order valence-corrected chi connectivity index (χ0v) is 11.3. The quantitative estimate of drug-likeness (QED) is 0.896. The molecule has 1 aromatic heterocycles. The summed E-state index contributed by atoms with van der Waals surface area (Å²) in [5, 5.41) is 0. The van der Waals surface area contributed by atoms with Crippen LogP contribution in [0.5, 0.6) is 11.8 Å². The Balaban J connectivity index is 2.08. The van der Waals surface area contributed by atoms with E-state index in [1.165, 1.54) is 6.42 Å². The second kappa shape index (κ2) is 5.46. The van der Waals surface area contributed by atoms with Crippen LogP contribution >= 0.6 is 0 Å². The molecule has 0 spiro atoms. The smallest absolute Gasteiger partial charge is 0.240 e. The molecular formula is C14H22N2O2. The highest BCUT2D eigenvalue weighted by Gasteiger charge is 2.26. The van der Waals surface area contributed by atoms with Gasteiger partial charge in [-0.25, -0.2) is 0 Å². The van der Waals surface area contributed by atoms with Gasteiger partial charge in [-0.3, -0.25) is 0 Å². The number of anilines is 1. The van der Waals surface area contributed by atoms with Gasteiger partial charge in [0, 0.05) is 6.07 Å². The summed E-state index contributed by atoms with van der Waals surface area (Å²) in [5.41, 5.74) is 6.46. The molecule has 0 bridgehead atoms. The minimum Gasteiger partial charge on any atom is -0.481 e. The molecule has 1 fully saturated rings. The Hall–Kier alpha value is -1.45. The number of nitrogen functional groups attached to an aromatic ring is 1. The van der Waals surface area contributed by atoms with E-state index in [0.717, 1.165) is 12.8 Å². The SMILES string of the molecule is COc1ccc(N)c(OC2CC(C)CC(C)C2)n1. The minimum absolute atomic E-state index is 0.214. The first kappa shape index (κ1) is 13.0. The number of methoxy groups -OCH3 is 1. The largest absolute Gasteiger partial charge is 0.481 e. The van der Waals surface area contributed by atoms with Crippen LogP contribution in [0, 0.1) is 11.8 Å². The van der Waals surface area contributed by atoms with E-state index in [2.05, 4.69) is 18.8 Å². The van der Waals surface area contributed by atoms with Crippen molar-refractivity contribution in [2.75, 3.05) is 12.8 Å². The number of hydrogen-bond acceptors (Lipinski definition) is 4. The summed E-state index contributed by atoms with van der Waals surface area (Å²) in [6.07, 6.45) is 3.64. The van der Waals surface area contributed by atoms with E-state index in [9.17, 15) is 0 Å². The molecule has 0 radical (unpaired) electrons. The van der Waals surface area contributed by atoms with Crippen LogP contribution in [0.3, 0.4) is 0 Å². The molecule has 0 aromatic carbocycles. The third kappa shape index (κ3) is 3.06. The molecule has 1 aromatic rings. The second-order valence-corrected chi connectivity index (χ2v) is 5.41. The first-order chi connectivity index (χ1) is 8.58. The standard InChI is InChI=1S/C14H22N2O2/c1-9-6-10(2)8-11(7-9)18-14-12(15)4-5-13(16-14)17-3/h4-5,9-11H,6-8,15H2,1-3H3. The van der Waals surface area contributed by atoms with E-state index in [0.29, 0.717) is 29.3 Å². The minimum atomic E-state index is 0.214. The van der Waals surface area contributed by atoms with Crippen molar-refractivity contribution in [3.05, 3.63) is 12.1 Å². The Kier molecular flexibility index (Phi) is 3.94. The number of aromatic nitrogens is 1. The van der Waals surface area contributed by atoms with Gasteiger partial charge in [-0.2, -0.15) is 4.98 Å². The van der Waals surface area contributed by atoms with Crippen LogP contribution in [-0.2, 0) is 0 Å². The van der Waals surface area contributed by atoms with Gasteiger partial charge >= 0.3 is 0 Å². The summed E-state index contributed by atoms with van der Waals surface area (Å²) >= 11 is 0. The molecule has 2 rings (SSSR count). The Morgan fingerprint density at radius 2 is 1.83 bits per heavy atom. The highest BCUT2D eigenvalue weighted by atomic mass is 16.5. The van der Waals surface area contributed by atoms with Crippen molar-refractivity contribution in [3.63, 3.8) is 0 Å². The van der Waals surface area contributed by atoms with E-state index in [1.807, 2.05) is 0 Å².